The number of urea groups is 1. The minimum absolute atomic E-state index is 0.108. The second kappa shape index (κ2) is 6.08. The van der Waals surface area contributed by atoms with Crippen LogP contribution in [0.2, 0.25) is 0 Å². The third-order valence-electron chi connectivity index (χ3n) is 2.70. The number of hydrogen-bond acceptors (Lipinski definition) is 3. The van der Waals surface area contributed by atoms with E-state index in [0.717, 1.165) is 6.07 Å². The molecule has 1 aromatic heterocycles. The Kier molecular flexibility index (Phi) is 4.22. The Bertz CT molecular complexity index is 681. The molecule has 0 atom stereocenters. The summed E-state index contributed by atoms with van der Waals surface area (Å²) in [5, 5.41) is 13.6. The number of rotatable bonds is 4. The highest BCUT2D eigenvalue weighted by atomic mass is 19.1. The number of amides is 2. The van der Waals surface area contributed by atoms with Gasteiger partial charge in [0.15, 0.2) is 0 Å². The van der Waals surface area contributed by atoms with Crippen LogP contribution in [0, 0.1) is 12.7 Å². The van der Waals surface area contributed by atoms with Gasteiger partial charge in [-0.25, -0.2) is 14.0 Å². The van der Waals surface area contributed by atoms with E-state index in [0.29, 0.717) is 11.5 Å². The number of benzene rings is 1. The normalized spacial score (nSPS) is 10.2. The van der Waals surface area contributed by atoms with Crippen molar-refractivity contribution in [3.05, 3.63) is 53.2 Å². The van der Waals surface area contributed by atoms with Gasteiger partial charge < -0.3 is 20.2 Å². The maximum absolute atomic E-state index is 13.6. The minimum Gasteiger partial charge on any atom is -0.478 e. The Hall–Kier alpha value is -2.83. The Morgan fingerprint density at radius 2 is 2.05 bits per heavy atom. The molecule has 0 radical (unpaired) electrons. The zero-order valence-electron chi connectivity index (χ0n) is 11.1. The minimum atomic E-state index is -1.33. The Labute approximate surface area is 119 Å². The first-order chi connectivity index (χ1) is 9.97. The molecule has 2 aromatic rings. The van der Waals surface area contributed by atoms with Gasteiger partial charge in [0.2, 0.25) is 0 Å². The van der Waals surface area contributed by atoms with E-state index in [9.17, 15) is 14.0 Å². The SMILES string of the molecule is Cc1ccc(CNC(=O)Nc2c(F)cccc2C(=O)O)o1. The van der Waals surface area contributed by atoms with Crippen molar-refractivity contribution < 1.29 is 23.5 Å². The van der Waals surface area contributed by atoms with Crippen molar-refractivity contribution >= 4 is 17.7 Å². The third kappa shape index (κ3) is 3.59. The number of carbonyl (C=O) groups is 2. The summed E-state index contributed by atoms with van der Waals surface area (Å²) in [6.45, 7) is 1.87. The number of carbonyl (C=O) groups excluding carboxylic acids is 1. The zero-order chi connectivity index (χ0) is 15.4. The van der Waals surface area contributed by atoms with Gasteiger partial charge in [0.25, 0.3) is 0 Å². The van der Waals surface area contributed by atoms with Crippen molar-refractivity contribution in [2.24, 2.45) is 0 Å². The molecular formula is C14H13FN2O4. The fourth-order valence-corrected chi connectivity index (χ4v) is 1.73. The topological polar surface area (TPSA) is 91.6 Å². The molecule has 110 valence electrons. The summed E-state index contributed by atoms with van der Waals surface area (Å²) in [4.78, 5) is 22.7. The van der Waals surface area contributed by atoms with Crippen molar-refractivity contribution in [3.8, 4) is 0 Å². The Morgan fingerprint density at radius 1 is 1.29 bits per heavy atom. The van der Waals surface area contributed by atoms with E-state index in [1.54, 1.807) is 19.1 Å². The van der Waals surface area contributed by atoms with Crippen LogP contribution in [0.15, 0.2) is 34.7 Å². The lowest BCUT2D eigenvalue weighted by molar-refractivity contribution is 0.0697. The van der Waals surface area contributed by atoms with E-state index in [1.165, 1.54) is 12.1 Å². The van der Waals surface area contributed by atoms with Crippen LogP contribution in [0.25, 0.3) is 0 Å². The van der Waals surface area contributed by atoms with Crippen LogP contribution in [-0.2, 0) is 6.54 Å². The van der Waals surface area contributed by atoms with E-state index in [-0.39, 0.29) is 17.8 Å². The monoisotopic (exact) mass is 292 g/mol. The fraction of sp³-hybridized carbons (Fsp3) is 0.143. The summed E-state index contributed by atoms with van der Waals surface area (Å²) in [6.07, 6.45) is 0. The standard InChI is InChI=1S/C14H13FN2O4/c1-8-5-6-9(21-8)7-16-14(20)17-12-10(13(18)19)3-2-4-11(12)15/h2-6H,7H2,1H3,(H,18,19)(H2,16,17,20). The average molecular weight is 292 g/mol. The maximum atomic E-state index is 13.6. The van der Waals surface area contributed by atoms with Crippen LogP contribution in [-0.4, -0.2) is 17.1 Å². The second-order valence-electron chi connectivity index (χ2n) is 4.29. The first-order valence-corrected chi connectivity index (χ1v) is 6.09. The number of carboxylic acids is 1. The molecule has 0 saturated carbocycles. The summed E-state index contributed by atoms with van der Waals surface area (Å²) >= 11 is 0. The predicted octanol–water partition coefficient (Wildman–Crippen LogP) is 2.75. The molecule has 0 aliphatic carbocycles. The molecule has 0 saturated heterocycles. The number of para-hydroxylation sites is 1. The number of nitrogens with one attached hydrogen (secondary N) is 2. The number of anilines is 1. The average Bonchev–Trinajstić information content (AvgIpc) is 2.84. The molecule has 1 heterocycles. The fourth-order valence-electron chi connectivity index (χ4n) is 1.73. The van der Waals surface area contributed by atoms with Crippen molar-refractivity contribution in [1.29, 1.82) is 0 Å². The van der Waals surface area contributed by atoms with Crippen LogP contribution in [0.4, 0.5) is 14.9 Å². The molecule has 2 amide bonds. The predicted molar refractivity (Wildman–Crippen MR) is 72.7 cm³/mol. The largest absolute Gasteiger partial charge is 0.478 e. The van der Waals surface area contributed by atoms with E-state index in [1.807, 2.05) is 0 Å². The van der Waals surface area contributed by atoms with Gasteiger partial charge in [-0.05, 0) is 31.2 Å². The summed E-state index contributed by atoms with van der Waals surface area (Å²) in [5.74, 6) is -0.908. The summed E-state index contributed by atoms with van der Waals surface area (Å²) < 4.78 is 18.9. The number of carboxylic acid groups (broad SMARTS) is 1. The van der Waals surface area contributed by atoms with Crippen LogP contribution in [0.5, 0.6) is 0 Å². The van der Waals surface area contributed by atoms with Gasteiger partial charge in [-0.15, -0.1) is 0 Å². The van der Waals surface area contributed by atoms with Crippen molar-refractivity contribution in [2.45, 2.75) is 13.5 Å². The second-order valence-corrected chi connectivity index (χ2v) is 4.29. The summed E-state index contributed by atoms with van der Waals surface area (Å²) in [5.41, 5.74) is -0.697. The van der Waals surface area contributed by atoms with Crippen molar-refractivity contribution in [2.75, 3.05) is 5.32 Å². The Morgan fingerprint density at radius 3 is 2.67 bits per heavy atom. The van der Waals surface area contributed by atoms with Crippen molar-refractivity contribution in [3.63, 3.8) is 0 Å². The lowest BCUT2D eigenvalue weighted by Crippen LogP contribution is -2.29. The molecule has 0 aliphatic heterocycles. The van der Waals surface area contributed by atoms with E-state index >= 15 is 0 Å². The van der Waals surface area contributed by atoms with E-state index in [4.69, 9.17) is 9.52 Å². The molecule has 7 heteroatoms. The van der Waals surface area contributed by atoms with Gasteiger partial charge in [-0.3, -0.25) is 0 Å². The van der Waals surface area contributed by atoms with Gasteiger partial charge in [0.05, 0.1) is 17.8 Å². The first-order valence-electron chi connectivity index (χ1n) is 6.09. The maximum Gasteiger partial charge on any atom is 0.337 e. The highest BCUT2D eigenvalue weighted by Crippen LogP contribution is 2.19. The van der Waals surface area contributed by atoms with Crippen LogP contribution >= 0.6 is 0 Å². The molecule has 0 bridgehead atoms. The molecule has 0 fully saturated rings. The number of aromatic carboxylic acids is 1. The Balaban J connectivity index is 2.04. The molecule has 2 rings (SSSR count). The van der Waals surface area contributed by atoms with Crippen LogP contribution < -0.4 is 10.6 Å². The molecule has 6 nitrogen and oxygen atoms in total. The van der Waals surface area contributed by atoms with Crippen LogP contribution in [0.1, 0.15) is 21.9 Å². The lowest BCUT2D eigenvalue weighted by Gasteiger charge is -2.10. The number of aryl methyl sites for hydroxylation is 1. The molecule has 0 spiro atoms. The van der Waals surface area contributed by atoms with E-state index < -0.39 is 17.8 Å². The number of hydrogen-bond donors (Lipinski definition) is 3. The van der Waals surface area contributed by atoms with E-state index in [2.05, 4.69) is 10.6 Å². The molecule has 0 aliphatic rings. The molecule has 0 unspecified atom stereocenters. The van der Waals surface area contributed by atoms with Gasteiger partial charge in [0.1, 0.15) is 17.3 Å². The van der Waals surface area contributed by atoms with Gasteiger partial charge >= 0.3 is 12.0 Å². The number of furan rings is 1. The van der Waals surface area contributed by atoms with Gasteiger partial charge in [0, 0.05) is 0 Å². The quantitative estimate of drug-likeness (QED) is 0.808. The lowest BCUT2D eigenvalue weighted by atomic mass is 10.1. The third-order valence-corrected chi connectivity index (χ3v) is 2.70. The summed E-state index contributed by atoms with van der Waals surface area (Å²) in [6, 6.07) is 6.24. The zero-order valence-corrected chi connectivity index (χ0v) is 11.1. The molecule has 21 heavy (non-hydrogen) atoms. The van der Waals surface area contributed by atoms with Gasteiger partial charge in [-0.2, -0.15) is 0 Å². The van der Waals surface area contributed by atoms with Crippen molar-refractivity contribution in [1.82, 2.24) is 5.32 Å². The molecular weight excluding hydrogens is 279 g/mol. The smallest absolute Gasteiger partial charge is 0.337 e. The van der Waals surface area contributed by atoms with Gasteiger partial charge in [-0.1, -0.05) is 6.07 Å². The first kappa shape index (κ1) is 14.6. The highest BCUT2D eigenvalue weighted by Gasteiger charge is 2.16. The van der Waals surface area contributed by atoms with Crippen LogP contribution in [0.3, 0.4) is 0 Å². The molecule has 3 N–H and O–H groups in total. The number of halogens is 1. The highest BCUT2D eigenvalue weighted by molar-refractivity contribution is 6.00. The molecule has 1 aromatic carbocycles. The summed E-state index contributed by atoms with van der Waals surface area (Å²) in [7, 11) is 0.